The van der Waals surface area contributed by atoms with Gasteiger partial charge in [0.1, 0.15) is 16.7 Å². The van der Waals surface area contributed by atoms with Gasteiger partial charge in [0.25, 0.3) is 0 Å². The molecule has 3 heterocycles. The van der Waals surface area contributed by atoms with E-state index in [1.807, 2.05) is 81.6 Å². The number of pyridine rings is 1. The minimum atomic E-state index is -0.720. The third-order valence-corrected chi connectivity index (χ3v) is 6.95. The van der Waals surface area contributed by atoms with Crippen LogP contribution in [0.4, 0.5) is 9.93 Å². The maximum atomic E-state index is 13.6. The zero-order valence-electron chi connectivity index (χ0n) is 20.3. The third kappa shape index (κ3) is 5.06. The number of aromatic nitrogens is 3. The second kappa shape index (κ2) is 9.66. The molecule has 1 saturated heterocycles. The first-order valence-electron chi connectivity index (χ1n) is 11.8. The van der Waals surface area contributed by atoms with Crippen LogP contribution in [0, 0.1) is 0 Å². The quantitative estimate of drug-likeness (QED) is 0.397. The van der Waals surface area contributed by atoms with E-state index in [1.54, 1.807) is 6.20 Å². The summed E-state index contributed by atoms with van der Waals surface area (Å²) in [4.78, 5) is 32.2. The molecule has 0 radical (unpaired) electrons. The van der Waals surface area contributed by atoms with Crippen molar-refractivity contribution < 1.29 is 14.3 Å². The van der Waals surface area contributed by atoms with Crippen molar-refractivity contribution in [3.63, 3.8) is 0 Å². The molecule has 2 atom stereocenters. The van der Waals surface area contributed by atoms with E-state index >= 15 is 0 Å². The second-order valence-corrected chi connectivity index (χ2v) is 10.7. The summed E-state index contributed by atoms with van der Waals surface area (Å²) in [6.07, 6.45) is 3.73. The van der Waals surface area contributed by atoms with E-state index in [2.05, 4.69) is 20.5 Å². The molecule has 0 spiro atoms. The first kappa shape index (κ1) is 23.9. The van der Waals surface area contributed by atoms with E-state index in [-0.39, 0.29) is 11.8 Å². The summed E-state index contributed by atoms with van der Waals surface area (Å²) in [6, 6.07) is 17.0. The Bertz CT molecular complexity index is 1400. The Morgan fingerprint density at radius 3 is 2.64 bits per heavy atom. The molecule has 0 bridgehead atoms. The summed E-state index contributed by atoms with van der Waals surface area (Å²) in [5, 5.41) is 14.6. The topological polar surface area (TPSA) is 97.3 Å². The van der Waals surface area contributed by atoms with Crippen LogP contribution in [0.3, 0.4) is 0 Å². The molecular weight excluding hydrogens is 474 g/mol. The standard InChI is InChI=1S/C27H27N5O3S/c1-27(2,3)35-26(34)32-14-12-21(17-7-5-4-6-8-17)22(32)23(33)29-25-31-30-24(36-25)19-9-10-20-16-28-13-11-18(20)15-19/h4-11,13,15-16,21-22H,12,14H2,1-3H3,(H,29,31,33)/t21-,22+/m1/s1. The van der Waals surface area contributed by atoms with Crippen LogP contribution in [-0.4, -0.2) is 50.3 Å². The van der Waals surface area contributed by atoms with Gasteiger partial charge in [-0.1, -0.05) is 53.8 Å². The molecule has 1 N–H and O–H groups in total. The van der Waals surface area contributed by atoms with Gasteiger partial charge in [-0.15, -0.1) is 10.2 Å². The highest BCUT2D eigenvalue weighted by atomic mass is 32.1. The summed E-state index contributed by atoms with van der Waals surface area (Å²) in [7, 11) is 0. The minimum absolute atomic E-state index is 0.153. The summed E-state index contributed by atoms with van der Waals surface area (Å²) in [5.74, 6) is -0.459. The summed E-state index contributed by atoms with van der Waals surface area (Å²) in [5.41, 5.74) is 1.25. The van der Waals surface area contributed by atoms with Crippen LogP contribution in [-0.2, 0) is 9.53 Å². The van der Waals surface area contributed by atoms with E-state index in [0.29, 0.717) is 23.1 Å². The molecular formula is C27H27N5O3S. The van der Waals surface area contributed by atoms with Crippen molar-refractivity contribution >= 4 is 39.2 Å². The SMILES string of the molecule is CC(C)(C)OC(=O)N1CC[C@H](c2ccccc2)[C@H]1C(=O)Nc1nnc(-c2ccc3cnccc3c2)s1. The Morgan fingerprint density at radius 2 is 1.86 bits per heavy atom. The molecule has 2 amide bonds. The number of carbonyl (C=O) groups excluding carboxylic acids is 2. The van der Waals surface area contributed by atoms with Gasteiger partial charge in [0.2, 0.25) is 11.0 Å². The Morgan fingerprint density at radius 1 is 1.06 bits per heavy atom. The number of fused-ring (bicyclic) bond motifs is 1. The molecule has 5 rings (SSSR count). The number of carbonyl (C=O) groups is 2. The molecule has 0 saturated carbocycles. The Labute approximate surface area is 213 Å². The van der Waals surface area contributed by atoms with Gasteiger partial charge in [-0.2, -0.15) is 0 Å². The molecule has 36 heavy (non-hydrogen) atoms. The zero-order chi connectivity index (χ0) is 25.3. The van der Waals surface area contributed by atoms with E-state index in [1.165, 1.54) is 16.2 Å². The number of amides is 2. The van der Waals surface area contributed by atoms with Crippen LogP contribution in [0.15, 0.2) is 67.0 Å². The Hall–Kier alpha value is -3.85. The number of likely N-dealkylation sites (tertiary alicyclic amines) is 1. The first-order chi connectivity index (χ1) is 17.3. The maximum absolute atomic E-state index is 13.6. The molecule has 184 valence electrons. The summed E-state index contributed by atoms with van der Waals surface area (Å²) < 4.78 is 5.61. The lowest BCUT2D eigenvalue weighted by molar-refractivity contribution is -0.120. The zero-order valence-corrected chi connectivity index (χ0v) is 21.2. The molecule has 1 aliphatic heterocycles. The third-order valence-electron chi connectivity index (χ3n) is 6.06. The predicted molar refractivity (Wildman–Crippen MR) is 140 cm³/mol. The van der Waals surface area contributed by atoms with Gasteiger partial charge in [0.15, 0.2) is 0 Å². The van der Waals surface area contributed by atoms with Gasteiger partial charge in [-0.3, -0.25) is 20.0 Å². The molecule has 0 aliphatic carbocycles. The van der Waals surface area contributed by atoms with Crippen LogP contribution < -0.4 is 5.32 Å². The van der Waals surface area contributed by atoms with Gasteiger partial charge in [0, 0.05) is 35.8 Å². The lowest BCUT2D eigenvalue weighted by Gasteiger charge is -2.29. The maximum Gasteiger partial charge on any atom is 0.410 e. The van der Waals surface area contributed by atoms with Crippen molar-refractivity contribution in [1.29, 1.82) is 0 Å². The molecule has 9 heteroatoms. The minimum Gasteiger partial charge on any atom is -0.444 e. The van der Waals surface area contributed by atoms with Crippen LogP contribution >= 0.6 is 11.3 Å². The van der Waals surface area contributed by atoms with Gasteiger partial charge in [-0.05, 0) is 50.3 Å². The Balaban J connectivity index is 1.39. The molecule has 1 fully saturated rings. The molecule has 2 aromatic carbocycles. The fourth-order valence-electron chi connectivity index (χ4n) is 4.48. The molecule has 1 aliphatic rings. The van der Waals surface area contributed by atoms with Gasteiger partial charge < -0.3 is 4.74 Å². The molecule has 8 nitrogen and oxygen atoms in total. The van der Waals surface area contributed by atoms with Crippen LogP contribution in [0.25, 0.3) is 21.3 Å². The number of benzene rings is 2. The van der Waals surface area contributed by atoms with E-state index in [4.69, 9.17) is 4.74 Å². The summed E-state index contributed by atoms with van der Waals surface area (Å²) >= 11 is 1.29. The van der Waals surface area contributed by atoms with Gasteiger partial charge in [-0.25, -0.2) is 4.79 Å². The van der Waals surface area contributed by atoms with E-state index < -0.39 is 17.7 Å². The van der Waals surface area contributed by atoms with E-state index in [9.17, 15) is 9.59 Å². The monoisotopic (exact) mass is 501 g/mol. The van der Waals surface area contributed by atoms with Crippen LogP contribution in [0.5, 0.6) is 0 Å². The number of nitrogens with zero attached hydrogens (tertiary/aromatic N) is 4. The largest absolute Gasteiger partial charge is 0.444 e. The number of nitrogens with one attached hydrogen (secondary N) is 1. The molecule has 2 aromatic heterocycles. The lowest BCUT2D eigenvalue weighted by atomic mass is 9.91. The molecule has 4 aromatic rings. The predicted octanol–water partition coefficient (Wildman–Crippen LogP) is 5.49. The van der Waals surface area contributed by atoms with Crippen molar-refractivity contribution in [2.24, 2.45) is 0 Å². The smallest absolute Gasteiger partial charge is 0.410 e. The van der Waals surface area contributed by atoms with Gasteiger partial charge >= 0.3 is 6.09 Å². The first-order valence-corrected chi connectivity index (χ1v) is 12.6. The molecule has 0 unspecified atom stereocenters. The normalized spacial score (nSPS) is 17.8. The fraction of sp³-hybridized carbons (Fsp3) is 0.296. The number of hydrogen-bond donors (Lipinski definition) is 1. The lowest BCUT2D eigenvalue weighted by Crippen LogP contribution is -2.47. The van der Waals surface area contributed by atoms with Crippen LogP contribution in [0.2, 0.25) is 0 Å². The average Bonchev–Trinajstić information content (AvgIpc) is 3.51. The highest BCUT2D eigenvalue weighted by Crippen LogP contribution is 2.36. The van der Waals surface area contributed by atoms with Crippen molar-refractivity contribution in [2.75, 3.05) is 11.9 Å². The highest BCUT2D eigenvalue weighted by Gasteiger charge is 2.44. The number of ether oxygens (including phenoxy) is 1. The number of hydrogen-bond acceptors (Lipinski definition) is 7. The van der Waals surface area contributed by atoms with Crippen molar-refractivity contribution in [3.05, 3.63) is 72.6 Å². The van der Waals surface area contributed by atoms with Crippen molar-refractivity contribution in [2.45, 2.75) is 44.8 Å². The average molecular weight is 502 g/mol. The van der Waals surface area contributed by atoms with Crippen LogP contribution in [0.1, 0.15) is 38.7 Å². The highest BCUT2D eigenvalue weighted by molar-refractivity contribution is 7.18. The fourth-order valence-corrected chi connectivity index (χ4v) is 5.22. The number of anilines is 1. The summed E-state index contributed by atoms with van der Waals surface area (Å²) in [6.45, 7) is 5.88. The van der Waals surface area contributed by atoms with Crippen molar-refractivity contribution in [3.8, 4) is 10.6 Å². The van der Waals surface area contributed by atoms with E-state index in [0.717, 1.165) is 21.9 Å². The number of rotatable bonds is 4. The second-order valence-electron chi connectivity index (χ2n) is 9.76. The van der Waals surface area contributed by atoms with Gasteiger partial charge in [0.05, 0.1) is 0 Å². The van der Waals surface area contributed by atoms with Crippen molar-refractivity contribution in [1.82, 2.24) is 20.1 Å². The Kier molecular flexibility index (Phi) is 6.40.